The van der Waals surface area contributed by atoms with E-state index in [-0.39, 0.29) is 18.1 Å². The summed E-state index contributed by atoms with van der Waals surface area (Å²) in [5.41, 5.74) is 0.807. The molecule has 9 nitrogen and oxygen atoms in total. The molecule has 2 aromatic rings. The number of hydrogen-bond acceptors (Lipinski definition) is 5. The number of nitro groups is 1. The highest BCUT2D eigenvalue weighted by atomic mass is 16.6. The number of aromatic nitrogens is 4. The van der Waals surface area contributed by atoms with Gasteiger partial charge in [-0.1, -0.05) is 5.10 Å². The van der Waals surface area contributed by atoms with Crippen LogP contribution in [-0.2, 0) is 13.6 Å². The summed E-state index contributed by atoms with van der Waals surface area (Å²) in [5.74, 6) is -0.801. The van der Waals surface area contributed by atoms with E-state index in [1.54, 1.807) is 24.1 Å². The normalized spacial score (nSPS) is 10.3. The number of H-pyrrole nitrogens is 1. The Balaban J connectivity index is 1.97. The van der Waals surface area contributed by atoms with Crippen molar-refractivity contribution in [3.8, 4) is 0 Å². The van der Waals surface area contributed by atoms with E-state index in [1.165, 1.54) is 0 Å². The van der Waals surface area contributed by atoms with Crippen LogP contribution in [0.15, 0.2) is 18.5 Å². The van der Waals surface area contributed by atoms with Crippen LogP contribution in [0.3, 0.4) is 0 Å². The van der Waals surface area contributed by atoms with Crippen LogP contribution in [0.25, 0.3) is 0 Å². The van der Waals surface area contributed by atoms with E-state index < -0.39 is 10.8 Å². The lowest BCUT2D eigenvalue weighted by molar-refractivity contribution is -0.389. The molecule has 0 aliphatic heterocycles. The van der Waals surface area contributed by atoms with Crippen molar-refractivity contribution in [2.75, 3.05) is 0 Å². The largest absolute Gasteiger partial charge is 0.358 e. The van der Waals surface area contributed by atoms with Crippen LogP contribution in [0.1, 0.15) is 16.1 Å². The van der Waals surface area contributed by atoms with Gasteiger partial charge in [-0.3, -0.25) is 9.48 Å². The lowest BCUT2D eigenvalue weighted by Gasteiger charge is -1.98. The van der Waals surface area contributed by atoms with Gasteiger partial charge in [0.1, 0.15) is 0 Å². The highest BCUT2D eigenvalue weighted by Crippen LogP contribution is 2.07. The monoisotopic (exact) mass is 250 g/mol. The molecular formula is C9H10N6O3. The van der Waals surface area contributed by atoms with Crippen LogP contribution in [0, 0.1) is 10.1 Å². The van der Waals surface area contributed by atoms with Gasteiger partial charge in [-0.25, -0.2) is 0 Å². The average Bonchev–Trinajstić information content (AvgIpc) is 2.94. The minimum atomic E-state index is -0.648. The predicted molar refractivity (Wildman–Crippen MR) is 59.6 cm³/mol. The number of aryl methyl sites for hydroxylation is 1. The van der Waals surface area contributed by atoms with Crippen LogP contribution < -0.4 is 5.32 Å². The van der Waals surface area contributed by atoms with E-state index in [0.29, 0.717) is 0 Å². The summed E-state index contributed by atoms with van der Waals surface area (Å²) in [5, 5.41) is 22.7. The molecule has 94 valence electrons. The molecule has 2 heterocycles. The topological polar surface area (TPSA) is 119 Å². The lowest BCUT2D eigenvalue weighted by atomic mass is 10.3. The summed E-state index contributed by atoms with van der Waals surface area (Å²) in [7, 11) is 1.77. The third kappa shape index (κ3) is 2.51. The van der Waals surface area contributed by atoms with Gasteiger partial charge in [0.2, 0.25) is 0 Å². The Hall–Kier alpha value is -2.71. The number of carbonyl (C=O) groups excluding carboxylic acids is 1. The van der Waals surface area contributed by atoms with Crippen molar-refractivity contribution in [2.24, 2.45) is 7.05 Å². The van der Waals surface area contributed by atoms with Gasteiger partial charge in [0.15, 0.2) is 5.69 Å². The van der Waals surface area contributed by atoms with Gasteiger partial charge in [0.05, 0.1) is 12.3 Å². The molecule has 2 rings (SSSR count). The third-order valence-electron chi connectivity index (χ3n) is 2.21. The van der Waals surface area contributed by atoms with Crippen molar-refractivity contribution in [2.45, 2.75) is 6.54 Å². The first-order chi connectivity index (χ1) is 8.56. The molecule has 0 saturated heterocycles. The maximum absolute atomic E-state index is 11.6. The third-order valence-corrected chi connectivity index (χ3v) is 2.21. The molecule has 2 aromatic heterocycles. The highest BCUT2D eigenvalue weighted by molar-refractivity contribution is 5.92. The van der Waals surface area contributed by atoms with E-state index in [0.717, 1.165) is 11.6 Å². The summed E-state index contributed by atoms with van der Waals surface area (Å²) in [6, 6.07) is 1.08. The predicted octanol–water partition coefficient (Wildman–Crippen LogP) is -0.0186. The first-order valence-corrected chi connectivity index (χ1v) is 5.02. The summed E-state index contributed by atoms with van der Waals surface area (Å²) >= 11 is 0. The Morgan fingerprint density at radius 1 is 1.67 bits per heavy atom. The highest BCUT2D eigenvalue weighted by Gasteiger charge is 2.16. The average molecular weight is 250 g/mol. The van der Waals surface area contributed by atoms with E-state index in [1.807, 2.05) is 0 Å². The molecule has 0 atom stereocenters. The van der Waals surface area contributed by atoms with Crippen molar-refractivity contribution >= 4 is 11.7 Å². The van der Waals surface area contributed by atoms with Crippen molar-refractivity contribution in [1.29, 1.82) is 0 Å². The minimum absolute atomic E-state index is 0.0226. The number of rotatable bonds is 4. The molecule has 0 aliphatic rings. The maximum Gasteiger partial charge on any atom is 0.343 e. The second kappa shape index (κ2) is 4.65. The number of carbonyl (C=O) groups is 1. The van der Waals surface area contributed by atoms with Crippen LogP contribution >= 0.6 is 0 Å². The van der Waals surface area contributed by atoms with Gasteiger partial charge in [-0.15, -0.1) is 5.10 Å². The minimum Gasteiger partial charge on any atom is -0.358 e. The van der Waals surface area contributed by atoms with Crippen LogP contribution in [-0.4, -0.2) is 30.8 Å². The molecule has 0 radical (unpaired) electrons. The summed E-state index contributed by atoms with van der Waals surface area (Å²) < 4.78 is 1.61. The second-order valence-corrected chi connectivity index (χ2v) is 3.60. The molecule has 0 aromatic carbocycles. The maximum atomic E-state index is 11.6. The van der Waals surface area contributed by atoms with Crippen molar-refractivity contribution in [3.63, 3.8) is 0 Å². The Morgan fingerprint density at radius 2 is 2.44 bits per heavy atom. The summed E-state index contributed by atoms with van der Waals surface area (Å²) in [6.45, 7) is 0.285. The van der Waals surface area contributed by atoms with Gasteiger partial charge in [0, 0.05) is 25.4 Å². The van der Waals surface area contributed by atoms with E-state index in [2.05, 4.69) is 20.6 Å². The Morgan fingerprint density at radius 3 is 3.00 bits per heavy atom. The van der Waals surface area contributed by atoms with E-state index in [4.69, 9.17) is 0 Å². The molecule has 0 aliphatic carbocycles. The van der Waals surface area contributed by atoms with Crippen LogP contribution in [0.5, 0.6) is 0 Å². The number of nitrogens with one attached hydrogen (secondary N) is 2. The quantitative estimate of drug-likeness (QED) is 0.583. The van der Waals surface area contributed by atoms with Crippen molar-refractivity contribution < 1.29 is 9.72 Å². The standard InChI is InChI=1S/C9H10N6O3/c1-14-5-6(4-11-14)3-10-9(16)7-2-8(13-12-7)15(17)18/h2,4-5H,3H2,1H3,(H,10,16)(H,12,13). The van der Waals surface area contributed by atoms with E-state index >= 15 is 0 Å². The molecule has 0 bridgehead atoms. The fraction of sp³-hybridized carbons (Fsp3) is 0.222. The molecule has 9 heteroatoms. The van der Waals surface area contributed by atoms with Crippen molar-refractivity contribution in [1.82, 2.24) is 25.3 Å². The fourth-order valence-electron chi connectivity index (χ4n) is 1.36. The molecule has 0 spiro atoms. The van der Waals surface area contributed by atoms with Gasteiger partial charge in [-0.05, 0) is 4.92 Å². The molecule has 0 fully saturated rings. The van der Waals surface area contributed by atoms with Gasteiger partial charge >= 0.3 is 5.82 Å². The number of hydrogen-bond donors (Lipinski definition) is 2. The lowest BCUT2D eigenvalue weighted by Crippen LogP contribution is -2.22. The molecule has 1 amide bonds. The fourth-order valence-corrected chi connectivity index (χ4v) is 1.36. The zero-order valence-corrected chi connectivity index (χ0v) is 9.45. The SMILES string of the molecule is Cn1cc(CNC(=O)c2cc([N+](=O)[O-])[nH]n2)cn1. The first-order valence-electron chi connectivity index (χ1n) is 5.02. The van der Waals surface area contributed by atoms with E-state index in [9.17, 15) is 14.9 Å². The second-order valence-electron chi connectivity index (χ2n) is 3.60. The zero-order chi connectivity index (χ0) is 13.1. The van der Waals surface area contributed by atoms with Gasteiger partial charge < -0.3 is 15.4 Å². The Labute approximate surface area is 101 Å². The van der Waals surface area contributed by atoms with Crippen LogP contribution in [0.2, 0.25) is 0 Å². The molecule has 0 saturated carbocycles. The molecule has 0 unspecified atom stereocenters. The Bertz CT molecular complexity index is 587. The first kappa shape index (κ1) is 11.8. The number of nitrogens with zero attached hydrogens (tertiary/aromatic N) is 4. The van der Waals surface area contributed by atoms with Gasteiger partial charge in [-0.2, -0.15) is 5.10 Å². The number of aromatic amines is 1. The zero-order valence-electron chi connectivity index (χ0n) is 9.45. The van der Waals surface area contributed by atoms with Gasteiger partial charge in [0.25, 0.3) is 5.91 Å². The smallest absolute Gasteiger partial charge is 0.343 e. The van der Waals surface area contributed by atoms with Crippen molar-refractivity contribution in [3.05, 3.63) is 39.8 Å². The Kier molecular flexibility index (Phi) is 3.04. The summed E-state index contributed by atoms with van der Waals surface area (Å²) in [4.78, 5) is 21.4. The molecular weight excluding hydrogens is 240 g/mol. The summed E-state index contributed by atoms with van der Waals surface area (Å²) in [6.07, 6.45) is 3.38. The van der Waals surface area contributed by atoms with Crippen LogP contribution in [0.4, 0.5) is 5.82 Å². The molecule has 2 N–H and O–H groups in total. The molecule has 18 heavy (non-hydrogen) atoms. The number of amides is 1.